The first-order valence-electron chi connectivity index (χ1n) is 6.21. The highest BCUT2D eigenvalue weighted by atomic mass is 16.2. The Hall–Kier alpha value is -1.43. The molecular formula is C11H17N5O. The molecule has 2 unspecified atom stereocenters. The number of carbonyl (C=O) groups excluding carboxylic acids is 1. The lowest BCUT2D eigenvalue weighted by atomic mass is 10.1. The number of rotatable bonds is 4. The second-order valence-electron chi connectivity index (χ2n) is 4.74. The number of carbonyl (C=O) groups is 1. The third-order valence-corrected chi connectivity index (χ3v) is 3.71. The van der Waals surface area contributed by atoms with Crippen molar-refractivity contribution < 1.29 is 4.79 Å². The maximum absolute atomic E-state index is 11.7. The minimum absolute atomic E-state index is 0.310. The van der Waals surface area contributed by atoms with Crippen molar-refractivity contribution in [2.24, 2.45) is 0 Å². The van der Waals surface area contributed by atoms with Crippen LogP contribution in [0, 0.1) is 0 Å². The summed E-state index contributed by atoms with van der Waals surface area (Å²) < 4.78 is 0. The summed E-state index contributed by atoms with van der Waals surface area (Å²) >= 11 is 0. The van der Waals surface area contributed by atoms with Gasteiger partial charge in [-0.1, -0.05) is 0 Å². The third-order valence-electron chi connectivity index (χ3n) is 3.71. The minimum atomic E-state index is 0.310. The summed E-state index contributed by atoms with van der Waals surface area (Å²) in [6.07, 6.45) is 5.30. The molecule has 1 aromatic heterocycles. The van der Waals surface area contributed by atoms with Crippen molar-refractivity contribution in [2.45, 2.75) is 37.8 Å². The van der Waals surface area contributed by atoms with Gasteiger partial charge in [0.15, 0.2) is 0 Å². The number of hydrogen-bond donors (Lipinski definition) is 2. The summed E-state index contributed by atoms with van der Waals surface area (Å²) in [4.78, 5) is 17.8. The normalized spacial score (nSPS) is 27.8. The van der Waals surface area contributed by atoms with E-state index >= 15 is 0 Å². The fourth-order valence-electron chi connectivity index (χ4n) is 2.90. The smallest absolute Gasteiger partial charge is 0.224 e. The molecule has 92 valence electrons. The Kier molecular flexibility index (Phi) is 2.80. The van der Waals surface area contributed by atoms with Gasteiger partial charge in [0.05, 0.1) is 0 Å². The van der Waals surface area contributed by atoms with Crippen molar-refractivity contribution in [2.75, 3.05) is 13.1 Å². The molecule has 0 radical (unpaired) electrons. The minimum Gasteiger partial charge on any atom is -0.338 e. The lowest BCUT2D eigenvalue weighted by Gasteiger charge is -2.20. The fraction of sp³-hybridized carbons (Fsp3) is 0.727. The molecule has 6 heteroatoms. The van der Waals surface area contributed by atoms with E-state index in [1.165, 1.54) is 6.33 Å². The monoisotopic (exact) mass is 235 g/mol. The van der Waals surface area contributed by atoms with Gasteiger partial charge in [0.2, 0.25) is 5.91 Å². The molecule has 0 bridgehead atoms. The van der Waals surface area contributed by atoms with E-state index in [9.17, 15) is 4.79 Å². The molecule has 2 N–H and O–H groups in total. The summed E-state index contributed by atoms with van der Waals surface area (Å²) in [6.45, 7) is 1.79. The molecule has 2 aliphatic rings. The fourth-order valence-corrected chi connectivity index (χ4v) is 2.90. The molecule has 2 fully saturated rings. The van der Waals surface area contributed by atoms with Crippen LogP contribution in [-0.2, 0) is 11.2 Å². The van der Waals surface area contributed by atoms with E-state index in [1.807, 2.05) is 4.90 Å². The quantitative estimate of drug-likeness (QED) is 0.751. The predicted molar refractivity (Wildman–Crippen MR) is 61.2 cm³/mol. The molecule has 6 nitrogen and oxygen atoms in total. The molecule has 2 aliphatic heterocycles. The van der Waals surface area contributed by atoms with Crippen LogP contribution in [0.2, 0.25) is 0 Å². The Labute approximate surface area is 99.8 Å². The molecule has 1 amide bonds. The van der Waals surface area contributed by atoms with Crippen LogP contribution in [0.4, 0.5) is 0 Å². The highest BCUT2D eigenvalue weighted by Crippen LogP contribution is 2.28. The molecule has 0 saturated carbocycles. The van der Waals surface area contributed by atoms with Crippen LogP contribution in [0.1, 0.15) is 25.1 Å². The summed E-state index contributed by atoms with van der Waals surface area (Å²) in [5, 5.41) is 10.1. The summed E-state index contributed by atoms with van der Waals surface area (Å²) in [7, 11) is 0. The van der Waals surface area contributed by atoms with Gasteiger partial charge in [-0.05, 0) is 12.8 Å². The van der Waals surface area contributed by atoms with E-state index in [-0.39, 0.29) is 0 Å². The van der Waals surface area contributed by atoms with Crippen molar-refractivity contribution in [3.8, 4) is 0 Å². The number of nitrogens with one attached hydrogen (secondary N) is 2. The number of amides is 1. The van der Waals surface area contributed by atoms with Crippen molar-refractivity contribution >= 4 is 5.91 Å². The Morgan fingerprint density at radius 3 is 3.35 bits per heavy atom. The second kappa shape index (κ2) is 4.44. The lowest BCUT2D eigenvalue weighted by Crippen LogP contribution is -2.40. The number of hydrogen-bond acceptors (Lipinski definition) is 4. The van der Waals surface area contributed by atoms with Crippen molar-refractivity contribution in [3.63, 3.8) is 0 Å². The van der Waals surface area contributed by atoms with Crippen LogP contribution in [0.3, 0.4) is 0 Å². The Bertz CT molecular complexity index is 391. The number of fused-ring (bicyclic) bond motifs is 1. The number of aromatic amines is 1. The zero-order valence-corrected chi connectivity index (χ0v) is 9.72. The van der Waals surface area contributed by atoms with E-state index in [4.69, 9.17) is 0 Å². The van der Waals surface area contributed by atoms with Gasteiger partial charge in [-0.15, -0.1) is 0 Å². The molecule has 2 saturated heterocycles. The van der Waals surface area contributed by atoms with Crippen LogP contribution in [0.25, 0.3) is 0 Å². The largest absolute Gasteiger partial charge is 0.338 e. The number of aromatic nitrogens is 3. The second-order valence-corrected chi connectivity index (χ2v) is 4.74. The zero-order chi connectivity index (χ0) is 11.7. The van der Waals surface area contributed by atoms with Crippen molar-refractivity contribution in [1.29, 1.82) is 0 Å². The molecule has 3 heterocycles. The van der Waals surface area contributed by atoms with Crippen molar-refractivity contribution in [3.05, 3.63) is 12.2 Å². The molecule has 0 aliphatic carbocycles. The van der Waals surface area contributed by atoms with Gasteiger partial charge in [0, 0.05) is 38.0 Å². The Balaban J connectivity index is 1.51. The van der Waals surface area contributed by atoms with E-state index in [0.717, 1.165) is 38.2 Å². The lowest BCUT2D eigenvalue weighted by molar-refractivity contribution is -0.127. The van der Waals surface area contributed by atoms with Gasteiger partial charge < -0.3 is 10.2 Å². The van der Waals surface area contributed by atoms with Crippen LogP contribution in [0.5, 0.6) is 0 Å². The molecule has 0 spiro atoms. The first-order chi connectivity index (χ1) is 8.34. The van der Waals surface area contributed by atoms with Gasteiger partial charge in [-0.2, -0.15) is 5.10 Å². The van der Waals surface area contributed by atoms with Crippen molar-refractivity contribution in [1.82, 2.24) is 25.4 Å². The zero-order valence-electron chi connectivity index (χ0n) is 9.72. The van der Waals surface area contributed by atoms with Gasteiger partial charge >= 0.3 is 0 Å². The summed E-state index contributed by atoms with van der Waals surface area (Å²) in [5.41, 5.74) is 0. The van der Waals surface area contributed by atoms with E-state index in [1.54, 1.807) is 0 Å². The maximum Gasteiger partial charge on any atom is 0.224 e. The third kappa shape index (κ3) is 2.04. The maximum atomic E-state index is 11.7. The highest BCUT2D eigenvalue weighted by molar-refractivity contribution is 5.80. The van der Waals surface area contributed by atoms with E-state index in [0.29, 0.717) is 24.4 Å². The van der Waals surface area contributed by atoms with Crippen LogP contribution in [-0.4, -0.2) is 51.2 Å². The Morgan fingerprint density at radius 2 is 2.53 bits per heavy atom. The molecular weight excluding hydrogens is 218 g/mol. The standard InChI is InChI=1S/C11H17N5O/c17-11-6-8(9-2-1-5-16(9)11)12-4-3-10-13-7-14-15-10/h7-9,12H,1-6H2,(H,13,14,15). The Morgan fingerprint density at radius 1 is 1.59 bits per heavy atom. The first-order valence-corrected chi connectivity index (χ1v) is 6.21. The van der Waals surface area contributed by atoms with Crippen LogP contribution >= 0.6 is 0 Å². The van der Waals surface area contributed by atoms with Gasteiger partial charge in [-0.25, -0.2) is 4.98 Å². The molecule has 3 rings (SSSR count). The van der Waals surface area contributed by atoms with E-state index < -0.39 is 0 Å². The highest BCUT2D eigenvalue weighted by Gasteiger charge is 2.41. The van der Waals surface area contributed by atoms with Crippen LogP contribution in [0.15, 0.2) is 6.33 Å². The summed E-state index contributed by atoms with van der Waals surface area (Å²) in [5.74, 6) is 1.20. The van der Waals surface area contributed by atoms with Crippen LogP contribution < -0.4 is 5.32 Å². The SMILES string of the molecule is O=C1CC(NCCc2ncn[nH]2)C2CCCN12. The molecule has 2 atom stereocenters. The first kappa shape index (κ1) is 10.7. The topological polar surface area (TPSA) is 73.9 Å². The van der Waals surface area contributed by atoms with Gasteiger partial charge in [0.1, 0.15) is 12.2 Å². The number of H-pyrrole nitrogens is 1. The van der Waals surface area contributed by atoms with Gasteiger partial charge in [-0.3, -0.25) is 9.89 Å². The molecule has 1 aromatic rings. The predicted octanol–water partition coefficient (Wildman–Crippen LogP) is -0.300. The average Bonchev–Trinajstić information content (AvgIpc) is 3.01. The summed E-state index contributed by atoms with van der Waals surface area (Å²) in [6, 6.07) is 0.755. The average molecular weight is 235 g/mol. The van der Waals surface area contributed by atoms with Gasteiger partial charge in [0.25, 0.3) is 0 Å². The molecule has 17 heavy (non-hydrogen) atoms. The molecule has 0 aromatic carbocycles. The van der Waals surface area contributed by atoms with E-state index in [2.05, 4.69) is 20.5 Å². The number of nitrogens with zero attached hydrogens (tertiary/aromatic N) is 3.